The number of fused-ring (bicyclic) bond motifs is 5. The minimum absolute atomic E-state index is 0.252. The van der Waals surface area contributed by atoms with Gasteiger partial charge in [0.2, 0.25) is 0 Å². The third kappa shape index (κ3) is 5.91. The lowest BCUT2D eigenvalue weighted by Gasteiger charge is -2.52. The number of carbonyl (C=O) groups is 3. The van der Waals surface area contributed by atoms with Crippen molar-refractivity contribution in [3.63, 3.8) is 0 Å². The van der Waals surface area contributed by atoms with Crippen molar-refractivity contribution in [2.24, 2.45) is 40.9 Å². The van der Waals surface area contributed by atoms with Gasteiger partial charge in [-0.05, 0) is 105 Å². The van der Waals surface area contributed by atoms with E-state index in [4.69, 9.17) is 9.47 Å². The van der Waals surface area contributed by atoms with E-state index < -0.39 is 5.97 Å². The van der Waals surface area contributed by atoms with Crippen molar-refractivity contribution in [2.75, 3.05) is 13.2 Å². The fourth-order valence-electron chi connectivity index (χ4n) is 9.00. The third-order valence-electron chi connectivity index (χ3n) is 10.8. The first-order valence-corrected chi connectivity index (χ1v) is 15.0. The fourth-order valence-corrected chi connectivity index (χ4v) is 9.00. The molecule has 0 aromatic rings. The van der Waals surface area contributed by atoms with Crippen molar-refractivity contribution in [3.8, 4) is 0 Å². The predicted molar refractivity (Wildman–Crippen MR) is 138 cm³/mol. The van der Waals surface area contributed by atoms with E-state index in [1.165, 1.54) is 69.8 Å². The maximum absolute atomic E-state index is 12.2. The first-order chi connectivity index (χ1) is 17.4. The molecule has 0 saturated heterocycles. The second-order valence-electron chi connectivity index (χ2n) is 13.0. The zero-order valence-electron chi connectivity index (χ0n) is 22.3. The molecule has 5 rings (SSSR count). The second-order valence-corrected chi connectivity index (χ2v) is 13.0. The van der Waals surface area contributed by atoms with Crippen molar-refractivity contribution in [3.05, 3.63) is 11.6 Å². The highest BCUT2D eigenvalue weighted by Crippen LogP contribution is 2.63. The van der Waals surface area contributed by atoms with Gasteiger partial charge >= 0.3 is 11.9 Å². The molecule has 5 aliphatic carbocycles. The summed E-state index contributed by atoms with van der Waals surface area (Å²) >= 11 is 0. The summed E-state index contributed by atoms with van der Waals surface area (Å²) in [5.41, 5.74) is 1.86. The van der Waals surface area contributed by atoms with Crippen LogP contribution < -0.4 is 0 Å². The average molecular weight is 499 g/mol. The Hall–Kier alpha value is -1.65. The molecule has 0 heterocycles. The average Bonchev–Trinajstić information content (AvgIpc) is 3.23. The van der Waals surface area contributed by atoms with E-state index in [9.17, 15) is 14.4 Å². The first-order valence-electron chi connectivity index (χ1n) is 15.0. The molecule has 0 spiro atoms. The third-order valence-corrected chi connectivity index (χ3v) is 10.8. The SMILES string of the molecule is C[C@]12CC[C@H]3[C@@H](CCC4=CC(=O)CC[C@@H]43)[C@@H]1C[C@H](CCOC(=O)COC(=O)CCC1CCCCC1)C2. The summed E-state index contributed by atoms with van der Waals surface area (Å²) in [4.78, 5) is 36.1. The van der Waals surface area contributed by atoms with Gasteiger partial charge in [-0.15, -0.1) is 0 Å². The minimum atomic E-state index is -0.416. The normalized spacial score (nSPS) is 36.3. The summed E-state index contributed by atoms with van der Waals surface area (Å²) in [6.45, 7) is 2.68. The summed E-state index contributed by atoms with van der Waals surface area (Å²) in [6, 6.07) is 0. The van der Waals surface area contributed by atoms with Gasteiger partial charge in [-0.25, -0.2) is 4.79 Å². The number of carbonyl (C=O) groups excluding carboxylic acids is 3. The highest BCUT2D eigenvalue weighted by molar-refractivity contribution is 5.91. The van der Waals surface area contributed by atoms with Gasteiger partial charge in [0.1, 0.15) is 0 Å². The molecule has 0 amide bonds. The molecular formula is C31H46O5. The lowest BCUT2D eigenvalue weighted by atomic mass is 9.52. The Morgan fingerprint density at radius 1 is 0.917 bits per heavy atom. The van der Waals surface area contributed by atoms with Crippen LogP contribution in [0.4, 0.5) is 0 Å². The highest BCUT2D eigenvalue weighted by atomic mass is 16.6. The molecule has 200 valence electrons. The summed E-state index contributed by atoms with van der Waals surface area (Å²) in [7, 11) is 0. The van der Waals surface area contributed by atoms with Crippen LogP contribution in [0.3, 0.4) is 0 Å². The van der Waals surface area contributed by atoms with Gasteiger partial charge in [0.25, 0.3) is 0 Å². The van der Waals surface area contributed by atoms with Gasteiger partial charge in [-0.1, -0.05) is 44.6 Å². The van der Waals surface area contributed by atoms with E-state index >= 15 is 0 Å². The van der Waals surface area contributed by atoms with Crippen LogP contribution in [0, 0.1) is 40.9 Å². The molecule has 5 nitrogen and oxygen atoms in total. The van der Waals surface area contributed by atoms with Crippen molar-refractivity contribution in [1.29, 1.82) is 0 Å². The van der Waals surface area contributed by atoms with Crippen molar-refractivity contribution < 1.29 is 23.9 Å². The molecule has 5 aliphatic rings. The van der Waals surface area contributed by atoms with Crippen LogP contribution in [0.1, 0.15) is 110 Å². The zero-order valence-corrected chi connectivity index (χ0v) is 22.3. The predicted octanol–water partition coefficient (Wildman–Crippen LogP) is 6.58. The Balaban J connectivity index is 1.02. The van der Waals surface area contributed by atoms with Gasteiger partial charge in [-0.2, -0.15) is 0 Å². The Kier molecular flexibility index (Phi) is 8.22. The van der Waals surface area contributed by atoms with E-state index in [1.807, 2.05) is 6.08 Å². The van der Waals surface area contributed by atoms with Crippen LogP contribution in [0.5, 0.6) is 0 Å². The monoisotopic (exact) mass is 498 g/mol. The van der Waals surface area contributed by atoms with Crippen LogP contribution in [-0.4, -0.2) is 30.9 Å². The maximum Gasteiger partial charge on any atom is 0.344 e. The van der Waals surface area contributed by atoms with Crippen LogP contribution >= 0.6 is 0 Å². The van der Waals surface area contributed by atoms with E-state index in [0.717, 1.165) is 49.9 Å². The Morgan fingerprint density at radius 3 is 2.58 bits per heavy atom. The van der Waals surface area contributed by atoms with Gasteiger partial charge in [-0.3, -0.25) is 9.59 Å². The zero-order chi connectivity index (χ0) is 25.1. The van der Waals surface area contributed by atoms with Crippen molar-refractivity contribution in [1.82, 2.24) is 0 Å². The molecule has 0 bridgehead atoms. The number of hydrogen-bond donors (Lipinski definition) is 0. The van der Waals surface area contributed by atoms with Gasteiger partial charge in [0, 0.05) is 12.8 Å². The maximum atomic E-state index is 12.2. The molecule has 0 radical (unpaired) electrons. The molecule has 0 N–H and O–H groups in total. The summed E-state index contributed by atoms with van der Waals surface area (Å²) < 4.78 is 10.6. The Labute approximate surface area is 217 Å². The number of rotatable bonds is 8. The van der Waals surface area contributed by atoms with Crippen LogP contribution in [0.2, 0.25) is 0 Å². The van der Waals surface area contributed by atoms with E-state index in [2.05, 4.69) is 6.92 Å². The Morgan fingerprint density at radius 2 is 1.75 bits per heavy atom. The molecule has 6 atom stereocenters. The molecule has 0 aliphatic heterocycles. The van der Waals surface area contributed by atoms with E-state index in [0.29, 0.717) is 42.0 Å². The summed E-state index contributed by atoms with van der Waals surface area (Å²) in [6.07, 6.45) is 19.7. The number of ether oxygens (including phenoxy) is 2. The standard InChI is InChI=1S/C31H46O5/c1-31-15-13-26-25-11-9-24(32)18-23(25)8-10-27(26)28(31)17-22(19-31)14-16-35-30(34)20-36-29(33)12-7-21-5-3-2-4-6-21/h18,21-22,25-28H,2-17,19-20H2,1H3/t22-,25-,26+,27+,28-,31+/m0/s1. The number of esters is 2. The molecule has 0 aromatic heterocycles. The second kappa shape index (κ2) is 11.4. The first kappa shape index (κ1) is 26.0. The quantitative estimate of drug-likeness (QED) is 0.354. The number of allylic oxidation sites excluding steroid dienone is 1. The van der Waals surface area contributed by atoms with Gasteiger partial charge in [0.05, 0.1) is 6.61 Å². The summed E-state index contributed by atoms with van der Waals surface area (Å²) in [5.74, 6) is 3.87. The lowest BCUT2D eigenvalue weighted by molar-refractivity contribution is -0.159. The van der Waals surface area contributed by atoms with Gasteiger partial charge in [0.15, 0.2) is 12.4 Å². The Bertz CT molecular complexity index is 855. The molecule has 0 unspecified atom stereocenters. The van der Waals surface area contributed by atoms with Crippen LogP contribution in [-0.2, 0) is 23.9 Å². The molecule has 5 heteroatoms. The molecule has 0 aromatic carbocycles. The fraction of sp³-hybridized carbons (Fsp3) is 0.839. The minimum Gasteiger partial charge on any atom is -0.463 e. The van der Waals surface area contributed by atoms with Crippen molar-refractivity contribution in [2.45, 2.75) is 110 Å². The van der Waals surface area contributed by atoms with Crippen LogP contribution in [0.25, 0.3) is 0 Å². The smallest absolute Gasteiger partial charge is 0.344 e. The molecule has 36 heavy (non-hydrogen) atoms. The van der Waals surface area contributed by atoms with Gasteiger partial charge < -0.3 is 9.47 Å². The number of ketones is 1. The van der Waals surface area contributed by atoms with E-state index in [-0.39, 0.29) is 12.6 Å². The van der Waals surface area contributed by atoms with Crippen LogP contribution in [0.15, 0.2) is 11.6 Å². The van der Waals surface area contributed by atoms with Crippen molar-refractivity contribution >= 4 is 17.7 Å². The molecular weight excluding hydrogens is 452 g/mol. The number of hydrogen-bond acceptors (Lipinski definition) is 5. The van der Waals surface area contributed by atoms with E-state index in [1.54, 1.807) is 0 Å². The largest absolute Gasteiger partial charge is 0.463 e. The molecule has 4 saturated carbocycles. The highest BCUT2D eigenvalue weighted by Gasteiger charge is 2.54. The summed E-state index contributed by atoms with van der Waals surface area (Å²) in [5, 5.41) is 0. The molecule has 4 fully saturated rings. The topological polar surface area (TPSA) is 69.7 Å². The lowest BCUT2D eigenvalue weighted by Crippen LogP contribution is -2.44.